The van der Waals surface area contributed by atoms with Crippen LogP contribution in [0.1, 0.15) is 17.5 Å². The van der Waals surface area contributed by atoms with Gasteiger partial charge in [0.15, 0.2) is 11.1 Å². The zero-order valence-electron chi connectivity index (χ0n) is 12.7. The number of carbonyl (C=O) groups excluding carboxylic acids is 2. The van der Waals surface area contributed by atoms with Crippen molar-refractivity contribution in [3.8, 4) is 0 Å². The summed E-state index contributed by atoms with van der Waals surface area (Å²) >= 11 is 0. The van der Waals surface area contributed by atoms with Crippen LogP contribution in [0.25, 0.3) is 16.8 Å². The van der Waals surface area contributed by atoms with E-state index < -0.39 is 22.6 Å². The van der Waals surface area contributed by atoms with Crippen LogP contribution in [-0.2, 0) is 16.0 Å². The van der Waals surface area contributed by atoms with E-state index in [4.69, 9.17) is 0 Å². The highest BCUT2D eigenvalue weighted by molar-refractivity contribution is 6.47. The van der Waals surface area contributed by atoms with Crippen molar-refractivity contribution >= 4 is 28.4 Å². The number of carbonyl (C=O) groups is 2. The van der Waals surface area contributed by atoms with E-state index in [-0.39, 0.29) is 12.3 Å². The lowest BCUT2D eigenvalue weighted by Crippen LogP contribution is -2.50. The summed E-state index contributed by atoms with van der Waals surface area (Å²) in [5, 5.41) is 12.1. The van der Waals surface area contributed by atoms with E-state index >= 15 is 0 Å². The third kappa shape index (κ3) is 2.27. The predicted octanol–water partition coefficient (Wildman–Crippen LogP) is 2.09. The first-order chi connectivity index (χ1) is 11.5. The van der Waals surface area contributed by atoms with Crippen molar-refractivity contribution in [2.45, 2.75) is 18.9 Å². The third-order valence-electron chi connectivity index (χ3n) is 4.81. The SMILES string of the molecule is O=C1C(=O)C(N[N+](=O)[O-])CC2Cc3cc4ccccc4cc3C=C12. The van der Waals surface area contributed by atoms with E-state index in [0.717, 1.165) is 21.9 Å². The topological polar surface area (TPSA) is 89.3 Å². The van der Waals surface area contributed by atoms with E-state index in [9.17, 15) is 19.7 Å². The molecular formula is C18H14N2O4. The second kappa shape index (κ2) is 5.26. The van der Waals surface area contributed by atoms with Gasteiger partial charge in [-0.1, -0.05) is 30.3 Å². The van der Waals surface area contributed by atoms with Crippen LogP contribution in [-0.4, -0.2) is 22.6 Å². The molecule has 2 aromatic carbocycles. The molecule has 0 amide bonds. The van der Waals surface area contributed by atoms with Gasteiger partial charge in [-0.25, -0.2) is 10.1 Å². The summed E-state index contributed by atoms with van der Waals surface area (Å²) in [6.45, 7) is 0. The predicted molar refractivity (Wildman–Crippen MR) is 87.7 cm³/mol. The highest BCUT2D eigenvalue weighted by Crippen LogP contribution is 2.37. The molecule has 1 saturated carbocycles. The largest absolute Gasteiger partial charge is 0.288 e. The van der Waals surface area contributed by atoms with Gasteiger partial charge in [-0.15, -0.1) is 5.43 Å². The zero-order valence-corrected chi connectivity index (χ0v) is 12.7. The van der Waals surface area contributed by atoms with Gasteiger partial charge in [0.25, 0.3) is 0 Å². The molecule has 0 aromatic heterocycles. The minimum absolute atomic E-state index is 0.165. The molecule has 1 fully saturated rings. The number of fused-ring (bicyclic) bond motifs is 3. The van der Waals surface area contributed by atoms with Gasteiger partial charge in [-0.2, -0.15) is 0 Å². The molecule has 0 aliphatic heterocycles. The molecule has 2 atom stereocenters. The van der Waals surface area contributed by atoms with Crippen LogP contribution in [0.5, 0.6) is 0 Å². The Balaban J connectivity index is 1.76. The first-order valence-electron chi connectivity index (χ1n) is 7.75. The second-order valence-corrected chi connectivity index (χ2v) is 6.27. The number of Topliss-reactive ketones (excluding diaryl/α,β-unsaturated/α-hetero) is 2. The average Bonchev–Trinajstić information content (AvgIpc) is 2.56. The molecule has 24 heavy (non-hydrogen) atoms. The molecule has 6 nitrogen and oxygen atoms in total. The van der Waals surface area contributed by atoms with Crippen LogP contribution >= 0.6 is 0 Å². The van der Waals surface area contributed by atoms with Gasteiger partial charge in [-0.3, -0.25) is 9.59 Å². The van der Waals surface area contributed by atoms with Gasteiger partial charge < -0.3 is 0 Å². The second-order valence-electron chi connectivity index (χ2n) is 6.27. The number of hydrogen-bond donors (Lipinski definition) is 1. The van der Waals surface area contributed by atoms with Crippen molar-refractivity contribution in [1.29, 1.82) is 0 Å². The summed E-state index contributed by atoms with van der Waals surface area (Å²) in [4.78, 5) is 35.1. The Bertz CT molecular complexity index is 932. The van der Waals surface area contributed by atoms with E-state index in [1.807, 2.05) is 35.8 Å². The Morgan fingerprint density at radius 3 is 2.54 bits per heavy atom. The quantitative estimate of drug-likeness (QED) is 0.519. The fraction of sp³-hybridized carbons (Fsp3) is 0.222. The number of benzene rings is 2. The number of allylic oxidation sites excluding steroid dienone is 1. The van der Waals surface area contributed by atoms with Crippen LogP contribution in [0.15, 0.2) is 42.0 Å². The normalized spacial score (nSPS) is 22.6. The highest BCUT2D eigenvalue weighted by Gasteiger charge is 2.42. The Labute approximate surface area is 137 Å². The van der Waals surface area contributed by atoms with Gasteiger partial charge in [0.2, 0.25) is 11.6 Å². The van der Waals surface area contributed by atoms with Crippen LogP contribution in [0.3, 0.4) is 0 Å². The van der Waals surface area contributed by atoms with Gasteiger partial charge in [0.05, 0.1) is 0 Å². The molecule has 4 rings (SSSR count). The fourth-order valence-corrected chi connectivity index (χ4v) is 3.67. The molecule has 1 N–H and O–H groups in total. The van der Waals surface area contributed by atoms with E-state index in [2.05, 4.69) is 6.07 Å². The van der Waals surface area contributed by atoms with Gasteiger partial charge in [0.1, 0.15) is 0 Å². The van der Waals surface area contributed by atoms with Crippen LogP contribution in [0.2, 0.25) is 0 Å². The molecular weight excluding hydrogens is 308 g/mol. The maximum Gasteiger partial charge on any atom is 0.230 e. The first-order valence-corrected chi connectivity index (χ1v) is 7.75. The summed E-state index contributed by atoms with van der Waals surface area (Å²) < 4.78 is 0. The van der Waals surface area contributed by atoms with Crippen molar-refractivity contribution in [2.75, 3.05) is 0 Å². The maximum absolute atomic E-state index is 12.3. The molecule has 2 unspecified atom stereocenters. The lowest BCUT2D eigenvalue weighted by molar-refractivity contribution is -0.548. The van der Waals surface area contributed by atoms with Crippen LogP contribution in [0, 0.1) is 16.0 Å². The van der Waals surface area contributed by atoms with Crippen molar-refractivity contribution in [1.82, 2.24) is 5.43 Å². The van der Waals surface area contributed by atoms with Crippen molar-refractivity contribution in [2.24, 2.45) is 5.92 Å². The Morgan fingerprint density at radius 2 is 1.83 bits per heavy atom. The number of hydrogen-bond acceptors (Lipinski definition) is 4. The van der Waals surface area contributed by atoms with Crippen molar-refractivity contribution in [3.05, 3.63) is 63.2 Å². The fourth-order valence-electron chi connectivity index (χ4n) is 3.67. The number of rotatable bonds is 2. The van der Waals surface area contributed by atoms with Crippen molar-refractivity contribution in [3.63, 3.8) is 0 Å². The molecule has 2 aliphatic rings. The molecule has 0 radical (unpaired) electrons. The monoisotopic (exact) mass is 322 g/mol. The number of hydrazine groups is 1. The highest BCUT2D eigenvalue weighted by atomic mass is 16.7. The molecule has 0 spiro atoms. The molecule has 120 valence electrons. The molecule has 0 heterocycles. The lowest BCUT2D eigenvalue weighted by Gasteiger charge is -2.31. The van der Waals surface area contributed by atoms with Crippen LogP contribution < -0.4 is 5.43 Å². The smallest absolute Gasteiger partial charge is 0.230 e. The molecule has 0 saturated heterocycles. The zero-order chi connectivity index (χ0) is 16.8. The summed E-state index contributed by atoms with van der Waals surface area (Å²) in [5.74, 6) is -1.50. The molecule has 2 aromatic rings. The molecule has 0 bridgehead atoms. The Hall–Kier alpha value is -3.02. The minimum atomic E-state index is -1.04. The lowest BCUT2D eigenvalue weighted by atomic mass is 9.72. The number of ketones is 2. The summed E-state index contributed by atoms with van der Waals surface area (Å²) in [5.41, 5.74) is 4.50. The standard InChI is InChI=1S/C18H14N2O4/c21-17-15-8-13-6-11-4-2-1-3-10(11)5-12(13)7-14(15)9-16(18(17)22)19-20(23)24/h1-6,8,14,16,19H,7,9H2. The average molecular weight is 322 g/mol. The van der Waals surface area contributed by atoms with Gasteiger partial charge >= 0.3 is 0 Å². The van der Waals surface area contributed by atoms with Gasteiger partial charge in [0, 0.05) is 5.57 Å². The summed E-state index contributed by atoms with van der Waals surface area (Å²) in [7, 11) is 0. The van der Waals surface area contributed by atoms with Gasteiger partial charge in [-0.05, 0) is 52.8 Å². The number of nitrogens with zero attached hydrogens (tertiary/aromatic N) is 1. The number of nitrogens with one attached hydrogen (secondary N) is 1. The van der Waals surface area contributed by atoms with Crippen molar-refractivity contribution < 1.29 is 14.6 Å². The van der Waals surface area contributed by atoms with E-state index in [0.29, 0.717) is 12.0 Å². The summed E-state index contributed by atoms with van der Waals surface area (Å²) in [6, 6.07) is 11.0. The molecule has 2 aliphatic carbocycles. The molecule has 6 heteroatoms. The Morgan fingerprint density at radius 1 is 1.12 bits per heavy atom. The minimum Gasteiger partial charge on any atom is -0.288 e. The van der Waals surface area contributed by atoms with E-state index in [1.165, 1.54) is 0 Å². The van der Waals surface area contributed by atoms with E-state index in [1.54, 1.807) is 6.08 Å². The third-order valence-corrected chi connectivity index (χ3v) is 4.81. The van der Waals surface area contributed by atoms with Crippen LogP contribution in [0.4, 0.5) is 0 Å². The number of nitro groups is 1. The first kappa shape index (κ1) is 14.6. The summed E-state index contributed by atoms with van der Waals surface area (Å²) in [6.07, 6.45) is 2.66. The Kier molecular flexibility index (Phi) is 3.19. The maximum atomic E-state index is 12.3.